The normalized spacial score (nSPS) is 29.3. The number of nitrogens with zero attached hydrogens (tertiary/aromatic N) is 3. The summed E-state index contributed by atoms with van der Waals surface area (Å²) in [4.78, 5) is 42.2. The van der Waals surface area contributed by atoms with Crippen LogP contribution in [0.1, 0.15) is 38.5 Å². The lowest BCUT2D eigenvalue weighted by atomic mass is 9.96. The van der Waals surface area contributed by atoms with Crippen molar-refractivity contribution in [2.24, 2.45) is 5.92 Å². The smallest absolute Gasteiger partial charge is 0.320 e. The summed E-state index contributed by atoms with van der Waals surface area (Å²) in [6, 6.07) is -0.284. The number of hydrogen-bond donors (Lipinski definition) is 1. The van der Waals surface area contributed by atoms with Crippen molar-refractivity contribution in [3.8, 4) is 0 Å². The monoisotopic (exact) mass is 367 g/mol. The largest absolute Gasteiger partial charge is 0.481 e. The minimum Gasteiger partial charge on any atom is -0.481 e. The number of aliphatic carboxylic acids is 1. The number of amides is 3. The first-order valence-corrected chi connectivity index (χ1v) is 9.58. The molecular weight excluding hydrogens is 338 g/mol. The molecule has 0 radical (unpaired) electrons. The Hall–Kier alpha value is -1.83. The van der Waals surface area contributed by atoms with Gasteiger partial charge in [0.05, 0.1) is 18.4 Å². The lowest BCUT2D eigenvalue weighted by Crippen LogP contribution is -2.51. The van der Waals surface area contributed by atoms with Gasteiger partial charge in [-0.3, -0.25) is 9.59 Å². The quantitative estimate of drug-likeness (QED) is 0.801. The molecule has 3 unspecified atom stereocenters. The van der Waals surface area contributed by atoms with Crippen LogP contribution in [0.25, 0.3) is 0 Å². The fourth-order valence-electron chi connectivity index (χ4n) is 4.40. The Labute approximate surface area is 154 Å². The van der Waals surface area contributed by atoms with Gasteiger partial charge in [0.2, 0.25) is 5.91 Å². The highest BCUT2D eigenvalue weighted by Gasteiger charge is 2.41. The highest BCUT2D eigenvalue weighted by Crippen LogP contribution is 2.28. The summed E-state index contributed by atoms with van der Waals surface area (Å²) >= 11 is 0. The van der Waals surface area contributed by atoms with Gasteiger partial charge in [-0.15, -0.1) is 0 Å². The second-order valence-corrected chi connectivity index (χ2v) is 7.60. The van der Waals surface area contributed by atoms with Crippen LogP contribution in [0.5, 0.6) is 0 Å². The average Bonchev–Trinajstić information content (AvgIpc) is 3.30. The van der Waals surface area contributed by atoms with Crippen molar-refractivity contribution < 1.29 is 24.2 Å². The van der Waals surface area contributed by atoms with E-state index in [4.69, 9.17) is 9.84 Å². The molecule has 0 aromatic heterocycles. The summed E-state index contributed by atoms with van der Waals surface area (Å²) in [5, 5.41) is 9.14. The van der Waals surface area contributed by atoms with E-state index in [2.05, 4.69) is 0 Å². The average molecular weight is 367 g/mol. The Morgan fingerprint density at radius 2 is 1.73 bits per heavy atom. The van der Waals surface area contributed by atoms with Crippen LogP contribution >= 0.6 is 0 Å². The van der Waals surface area contributed by atoms with Crippen molar-refractivity contribution >= 4 is 17.9 Å². The number of carboxylic acids is 1. The number of carbonyl (C=O) groups is 3. The van der Waals surface area contributed by atoms with E-state index in [1.807, 2.05) is 4.90 Å². The van der Waals surface area contributed by atoms with Crippen molar-refractivity contribution in [3.63, 3.8) is 0 Å². The summed E-state index contributed by atoms with van der Waals surface area (Å²) in [6.07, 6.45) is 4.02. The fourth-order valence-corrected chi connectivity index (χ4v) is 4.40. The molecule has 3 heterocycles. The molecule has 3 rings (SSSR count). The van der Waals surface area contributed by atoms with Crippen molar-refractivity contribution in [3.05, 3.63) is 0 Å². The Morgan fingerprint density at radius 3 is 2.38 bits per heavy atom. The van der Waals surface area contributed by atoms with E-state index in [1.165, 1.54) is 0 Å². The maximum atomic E-state index is 13.1. The highest BCUT2D eigenvalue weighted by molar-refractivity contribution is 5.82. The molecule has 3 saturated heterocycles. The first-order valence-electron chi connectivity index (χ1n) is 9.58. The number of carbonyl (C=O) groups excluding carboxylic acids is 2. The third kappa shape index (κ3) is 4.11. The summed E-state index contributed by atoms with van der Waals surface area (Å²) < 4.78 is 5.36. The first kappa shape index (κ1) is 18.9. The van der Waals surface area contributed by atoms with Crippen LogP contribution < -0.4 is 0 Å². The number of urea groups is 1. The molecule has 0 spiro atoms. The zero-order chi connectivity index (χ0) is 18.7. The van der Waals surface area contributed by atoms with Gasteiger partial charge in [0.25, 0.3) is 0 Å². The van der Waals surface area contributed by atoms with Gasteiger partial charge in [-0.2, -0.15) is 0 Å². The van der Waals surface area contributed by atoms with Crippen LogP contribution in [0, 0.1) is 5.92 Å². The number of rotatable bonds is 4. The number of methoxy groups -OCH3 is 1. The number of carboxylic acid groups (broad SMARTS) is 1. The van der Waals surface area contributed by atoms with E-state index in [9.17, 15) is 14.4 Å². The molecule has 3 aliphatic heterocycles. The van der Waals surface area contributed by atoms with Gasteiger partial charge in [-0.05, 0) is 32.1 Å². The van der Waals surface area contributed by atoms with Crippen LogP contribution in [-0.2, 0) is 14.3 Å². The van der Waals surface area contributed by atoms with Gasteiger partial charge in [0.15, 0.2) is 0 Å². The third-order valence-electron chi connectivity index (χ3n) is 5.82. The Bertz CT molecular complexity index is 549. The molecule has 3 aliphatic rings. The van der Waals surface area contributed by atoms with Gasteiger partial charge in [-0.25, -0.2) is 4.79 Å². The van der Waals surface area contributed by atoms with Gasteiger partial charge < -0.3 is 24.5 Å². The second kappa shape index (κ2) is 8.24. The summed E-state index contributed by atoms with van der Waals surface area (Å²) in [6.45, 7) is 3.16. The van der Waals surface area contributed by atoms with E-state index >= 15 is 0 Å². The van der Waals surface area contributed by atoms with E-state index in [0.717, 1.165) is 38.8 Å². The number of ether oxygens (including phenoxy) is 1. The van der Waals surface area contributed by atoms with E-state index in [0.29, 0.717) is 26.1 Å². The molecule has 3 fully saturated rings. The minimum atomic E-state index is -0.904. The second-order valence-electron chi connectivity index (χ2n) is 7.60. The number of piperidine rings is 1. The van der Waals surface area contributed by atoms with E-state index in [1.54, 1.807) is 16.9 Å². The van der Waals surface area contributed by atoms with Crippen molar-refractivity contribution in [1.29, 1.82) is 0 Å². The van der Waals surface area contributed by atoms with Gasteiger partial charge in [0, 0.05) is 45.9 Å². The standard InChI is InChI=1S/C18H29N3O5/c1-26-15-9-14(10-16(22)23)21(12-15)17(24)13-5-4-8-20(11-13)18(25)19-6-2-3-7-19/h13-15H,2-12H2,1H3,(H,22,23). The predicted molar refractivity (Wildman–Crippen MR) is 93.7 cm³/mol. The highest BCUT2D eigenvalue weighted by atomic mass is 16.5. The van der Waals surface area contributed by atoms with E-state index in [-0.39, 0.29) is 36.4 Å². The van der Waals surface area contributed by atoms with Gasteiger partial charge in [0.1, 0.15) is 0 Å². The molecule has 0 bridgehead atoms. The SMILES string of the molecule is COC1CC(CC(=O)O)N(C(=O)C2CCCN(C(=O)N3CCCC3)C2)C1. The van der Waals surface area contributed by atoms with Crippen LogP contribution in [0.15, 0.2) is 0 Å². The maximum Gasteiger partial charge on any atom is 0.320 e. The molecule has 0 aromatic carbocycles. The predicted octanol–water partition coefficient (Wildman–Crippen LogP) is 1.00. The van der Waals surface area contributed by atoms with Crippen molar-refractivity contribution in [2.75, 3.05) is 39.8 Å². The lowest BCUT2D eigenvalue weighted by Gasteiger charge is -2.37. The van der Waals surface area contributed by atoms with E-state index < -0.39 is 5.97 Å². The lowest BCUT2D eigenvalue weighted by molar-refractivity contribution is -0.142. The summed E-state index contributed by atoms with van der Waals surface area (Å²) in [5.41, 5.74) is 0. The summed E-state index contributed by atoms with van der Waals surface area (Å²) in [7, 11) is 1.59. The minimum absolute atomic E-state index is 0.0327. The number of hydrogen-bond acceptors (Lipinski definition) is 4. The molecule has 0 aromatic rings. The molecule has 8 nitrogen and oxygen atoms in total. The zero-order valence-corrected chi connectivity index (χ0v) is 15.4. The van der Waals surface area contributed by atoms with Crippen LogP contribution in [-0.4, -0.2) is 89.7 Å². The third-order valence-corrected chi connectivity index (χ3v) is 5.82. The van der Waals surface area contributed by atoms with Crippen molar-refractivity contribution in [2.45, 2.75) is 50.7 Å². The molecule has 3 amide bonds. The summed E-state index contributed by atoms with van der Waals surface area (Å²) in [5.74, 6) is -1.18. The van der Waals surface area contributed by atoms with Crippen LogP contribution in [0.2, 0.25) is 0 Å². The molecular formula is C18H29N3O5. The van der Waals surface area contributed by atoms with Gasteiger partial charge >= 0.3 is 12.0 Å². The van der Waals surface area contributed by atoms with Crippen LogP contribution in [0.3, 0.4) is 0 Å². The Morgan fingerprint density at radius 1 is 1.04 bits per heavy atom. The zero-order valence-electron chi connectivity index (χ0n) is 15.4. The molecule has 3 atom stereocenters. The molecule has 146 valence electrons. The first-order chi connectivity index (χ1) is 12.5. The fraction of sp³-hybridized carbons (Fsp3) is 0.833. The molecule has 0 aliphatic carbocycles. The molecule has 26 heavy (non-hydrogen) atoms. The Kier molecular flexibility index (Phi) is 6.01. The topological polar surface area (TPSA) is 90.4 Å². The van der Waals surface area contributed by atoms with Gasteiger partial charge in [-0.1, -0.05) is 0 Å². The van der Waals surface area contributed by atoms with Crippen LogP contribution in [0.4, 0.5) is 4.79 Å². The van der Waals surface area contributed by atoms with Crippen molar-refractivity contribution in [1.82, 2.24) is 14.7 Å². The number of likely N-dealkylation sites (tertiary alicyclic amines) is 3. The molecule has 8 heteroatoms. The Balaban J connectivity index is 1.63. The molecule has 1 N–H and O–H groups in total. The molecule has 0 saturated carbocycles. The maximum absolute atomic E-state index is 13.1.